The smallest absolute Gasteiger partial charge is 0.266 e. The Balaban J connectivity index is 1.94. The van der Waals surface area contributed by atoms with Gasteiger partial charge in [0.2, 0.25) is 0 Å². The first kappa shape index (κ1) is 22.8. The maximum Gasteiger partial charge on any atom is 0.266 e. The Morgan fingerprint density at radius 2 is 1.93 bits per heavy atom. The number of nitrogens with zero attached hydrogens (tertiary/aromatic N) is 2. The zero-order valence-corrected chi connectivity index (χ0v) is 20.1. The number of carbonyl (C=O) groups is 1. The average Bonchev–Trinajstić information content (AvgIpc) is 3.03. The molecule has 0 atom stereocenters. The second-order valence-electron chi connectivity index (χ2n) is 6.76. The van der Waals surface area contributed by atoms with E-state index in [2.05, 4.69) is 24.6 Å². The standard InChI is InChI=1S/C23H26N2O2S3/c1-16-6-11-20(27-2)19(14-16)24-23-25(12-5-13-28-3)22(26)21(30-23)15-17-7-9-18(29-4)10-8-17/h6-11,14-15H,5,12-13H2,1-4H3/b21-15-,24-23?. The maximum absolute atomic E-state index is 13.2. The molecule has 0 radical (unpaired) electrons. The lowest BCUT2D eigenvalue weighted by atomic mass is 10.2. The third kappa shape index (κ3) is 5.65. The van der Waals surface area contributed by atoms with Gasteiger partial charge in [-0.3, -0.25) is 9.69 Å². The normalized spacial score (nSPS) is 16.7. The van der Waals surface area contributed by atoms with Crippen molar-refractivity contribution in [1.29, 1.82) is 0 Å². The molecule has 1 saturated heterocycles. The molecule has 30 heavy (non-hydrogen) atoms. The van der Waals surface area contributed by atoms with Crippen molar-refractivity contribution in [1.82, 2.24) is 4.90 Å². The Morgan fingerprint density at radius 3 is 2.60 bits per heavy atom. The molecule has 0 aromatic heterocycles. The van der Waals surface area contributed by atoms with Crippen LogP contribution >= 0.6 is 35.3 Å². The number of ether oxygens (including phenoxy) is 1. The van der Waals surface area contributed by atoms with Gasteiger partial charge in [0, 0.05) is 11.4 Å². The number of amidine groups is 1. The van der Waals surface area contributed by atoms with Crippen molar-refractivity contribution in [3.63, 3.8) is 0 Å². The van der Waals surface area contributed by atoms with Crippen LogP contribution in [-0.4, -0.2) is 47.9 Å². The number of methoxy groups -OCH3 is 1. The Bertz CT molecular complexity index is 955. The number of benzene rings is 2. The summed E-state index contributed by atoms with van der Waals surface area (Å²) >= 11 is 4.92. The van der Waals surface area contributed by atoms with Crippen molar-refractivity contribution in [2.24, 2.45) is 4.99 Å². The highest BCUT2D eigenvalue weighted by atomic mass is 32.2. The van der Waals surface area contributed by atoms with Gasteiger partial charge >= 0.3 is 0 Å². The lowest BCUT2D eigenvalue weighted by Crippen LogP contribution is -2.30. The van der Waals surface area contributed by atoms with Gasteiger partial charge in [-0.05, 0) is 84.8 Å². The van der Waals surface area contributed by atoms with Crippen molar-refractivity contribution >= 4 is 58.1 Å². The SMILES string of the molecule is COc1ccc(C)cc1N=C1S/C(=C\c2ccc(SC)cc2)C(=O)N1CCCSC. The Kier molecular flexibility index (Phi) is 8.36. The van der Waals surface area contributed by atoms with Crippen molar-refractivity contribution in [3.8, 4) is 5.75 Å². The van der Waals surface area contributed by atoms with E-state index in [0.717, 1.165) is 29.0 Å². The molecule has 1 aliphatic heterocycles. The Morgan fingerprint density at radius 1 is 1.17 bits per heavy atom. The average molecular weight is 459 g/mol. The maximum atomic E-state index is 13.2. The fourth-order valence-corrected chi connectivity index (χ4v) is 4.84. The molecule has 1 amide bonds. The van der Waals surface area contributed by atoms with Crippen LogP contribution < -0.4 is 4.74 Å². The number of aryl methyl sites for hydroxylation is 1. The molecule has 1 heterocycles. The Hall–Kier alpha value is -1.83. The molecule has 7 heteroatoms. The minimum atomic E-state index is 0.0143. The summed E-state index contributed by atoms with van der Waals surface area (Å²) in [5.41, 5.74) is 2.86. The predicted octanol–water partition coefficient (Wildman–Crippen LogP) is 6.08. The van der Waals surface area contributed by atoms with Crippen LogP contribution in [0.4, 0.5) is 5.69 Å². The van der Waals surface area contributed by atoms with Crippen LogP contribution in [0.5, 0.6) is 5.75 Å². The summed E-state index contributed by atoms with van der Waals surface area (Å²) in [7, 11) is 1.64. The van der Waals surface area contributed by atoms with Crippen LogP contribution in [0.1, 0.15) is 17.5 Å². The molecular weight excluding hydrogens is 432 g/mol. The summed E-state index contributed by atoms with van der Waals surface area (Å²) in [6.45, 7) is 2.68. The minimum absolute atomic E-state index is 0.0143. The number of hydrogen-bond donors (Lipinski definition) is 0. The van der Waals surface area contributed by atoms with Crippen molar-refractivity contribution in [2.75, 3.05) is 31.9 Å². The number of hydrogen-bond acceptors (Lipinski definition) is 6. The monoisotopic (exact) mass is 458 g/mol. The van der Waals surface area contributed by atoms with E-state index >= 15 is 0 Å². The molecule has 1 aliphatic rings. The molecule has 0 saturated carbocycles. The van der Waals surface area contributed by atoms with Gasteiger partial charge in [-0.15, -0.1) is 11.8 Å². The molecule has 1 fully saturated rings. The fraction of sp³-hybridized carbons (Fsp3) is 0.304. The van der Waals surface area contributed by atoms with E-state index in [1.54, 1.807) is 35.5 Å². The lowest BCUT2D eigenvalue weighted by Gasteiger charge is -2.15. The molecule has 0 aliphatic carbocycles. The van der Waals surface area contributed by atoms with Crippen molar-refractivity contribution in [2.45, 2.75) is 18.2 Å². The molecule has 4 nitrogen and oxygen atoms in total. The minimum Gasteiger partial charge on any atom is -0.494 e. The molecule has 2 aromatic carbocycles. The van der Waals surface area contributed by atoms with Gasteiger partial charge in [0.25, 0.3) is 5.91 Å². The Labute approximate surface area is 191 Å². The quantitative estimate of drug-likeness (QED) is 0.272. The summed E-state index contributed by atoms with van der Waals surface area (Å²) in [5, 5.41) is 0.706. The molecule has 2 aromatic rings. The number of rotatable bonds is 8. The predicted molar refractivity (Wildman–Crippen MR) is 133 cm³/mol. The van der Waals surface area contributed by atoms with Crippen molar-refractivity contribution in [3.05, 3.63) is 58.5 Å². The number of thioether (sulfide) groups is 3. The second-order valence-corrected chi connectivity index (χ2v) is 9.63. The van der Waals surface area contributed by atoms with Crippen LogP contribution in [-0.2, 0) is 4.79 Å². The van der Waals surface area contributed by atoms with Gasteiger partial charge in [0.1, 0.15) is 11.4 Å². The zero-order valence-electron chi connectivity index (χ0n) is 17.7. The number of aliphatic imine (C=N–C) groups is 1. The van der Waals surface area contributed by atoms with E-state index in [1.807, 2.05) is 43.3 Å². The van der Waals surface area contributed by atoms with Crippen LogP contribution in [0.3, 0.4) is 0 Å². The molecule has 0 spiro atoms. The second kappa shape index (κ2) is 11.0. The van der Waals surface area contributed by atoms with Crippen LogP contribution in [0, 0.1) is 6.92 Å². The van der Waals surface area contributed by atoms with E-state index in [-0.39, 0.29) is 5.91 Å². The molecule has 158 valence electrons. The molecule has 0 unspecified atom stereocenters. The largest absolute Gasteiger partial charge is 0.494 e. The van der Waals surface area contributed by atoms with E-state index in [9.17, 15) is 4.79 Å². The van der Waals surface area contributed by atoms with Crippen LogP contribution in [0.25, 0.3) is 6.08 Å². The first-order valence-corrected chi connectivity index (χ1v) is 13.1. The van der Waals surface area contributed by atoms with Gasteiger partial charge in [0.05, 0.1) is 12.0 Å². The summed E-state index contributed by atoms with van der Waals surface area (Å²) in [6, 6.07) is 14.1. The number of carbonyl (C=O) groups excluding carboxylic acids is 1. The topological polar surface area (TPSA) is 41.9 Å². The highest BCUT2D eigenvalue weighted by Crippen LogP contribution is 2.37. The third-order valence-corrected chi connectivity index (χ3v) is 7.03. The van der Waals surface area contributed by atoms with Gasteiger partial charge in [-0.2, -0.15) is 11.8 Å². The highest BCUT2D eigenvalue weighted by Gasteiger charge is 2.33. The molecule has 0 N–H and O–H groups in total. The lowest BCUT2D eigenvalue weighted by molar-refractivity contribution is -0.122. The summed E-state index contributed by atoms with van der Waals surface area (Å²) < 4.78 is 5.48. The summed E-state index contributed by atoms with van der Waals surface area (Å²) in [6.07, 6.45) is 7.01. The van der Waals surface area contributed by atoms with Gasteiger partial charge in [-0.1, -0.05) is 18.2 Å². The summed E-state index contributed by atoms with van der Waals surface area (Å²) in [4.78, 5) is 21.7. The first-order valence-electron chi connectivity index (χ1n) is 9.63. The zero-order chi connectivity index (χ0) is 21.5. The number of amides is 1. The summed E-state index contributed by atoms with van der Waals surface area (Å²) in [5.74, 6) is 1.72. The van der Waals surface area contributed by atoms with Crippen molar-refractivity contribution < 1.29 is 9.53 Å². The third-order valence-electron chi connectivity index (χ3n) is 4.58. The molecular formula is C23H26N2O2S3. The van der Waals surface area contributed by atoms with Crippen LogP contribution in [0.15, 0.2) is 57.3 Å². The van der Waals surface area contributed by atoms with E-state index in [1.165, 1.54) is 16.7 Å². The first-order chi connectivity index (χ1) is 14.5. The van der Waals surface area contributed by atoms with E-state index < -0.39 is 0 Å². The highest BCUT2D eigenvalue weighted by molar-refractivity contribution is 8.18. The van der Waals surface area contributed by atoms with E-state index in [0.29, 0.717) is 22.4 Å². The van der Waals surface area contributed by atoms with Gasteiger partial charge in [0.15, 0.2) is 5.17 Å². The van der Waals surface area contributed by atoms with E-state index in [4.69, 9.17) is 9.73 Å². The van der Waals surface area contributed by atoms with Crippen LogP contribution in [0.2, 0.25) is 0 Å². The fourth-order valence-electron chi connectivity index (χ4n) is 3.00. The van der Waals surface area contributed by atoms with Gasteiger partial charge in [-0.25, -0.2) is 4.99 Å². The molecule has 0 bridgehead atoms. The van der Waals surface area contributed by atoms with Gasteiger partial charge < -0.3 is 4.74 Å². The molecule has 3 rings (SSSR count).